The Morgan fingerprint density at radius 2 is 1.95 bits per heavy atom. The average Bonchev–Trinajstić information content (AvgIpc) is 2.58. The lowest BCUT2D eigenvalue weighted by Gasteiger charge is -2.07. The minimum atomic E-state index is -0.355. The van der Waals surface area contributed by atoms with E-state index < -0.39 is 0 Å². The molecule has 7 heteroatoms. The summed E-state index contributed by atoms with van der Waals surface area (Å²) < 4.78 is 1.44. The number of nitrogens with zero attached hydrogens (tertiary/aromatic N) is 2. The summed E-state index contributed by atoms with van der Waals surface area (Å²) in [6.07, 6.45) is 0. The van der Waals surface area contributed by atoms with Crippen LogP contribution in [0.2, 0.25) is 15.1 Å². The van der Waals surface area contributed by atoms with Crippen LogP contribution in [-0.2, 0) is 7.05 Å². The van der Waals surface area contributed by atoms with Gasteiger partial charge >= 0.3 is 0 Å². The Labute approximate surface area is 125 Å². The molecule has 4 nitrogen and oxygen atoms in total. The van der Waals surface area contributed by atoms with E-state index in [1.54, 1.807) is 32.2 Å². The van der Waals surface area contributed by atoms with Crippen molar-refractivity contribution in [3.05, 3.63) is 44.7 Å². The fraction of sp³-hybridized carbons (Fsp3) is 0.167. The first-order valence-corrected chi connectivity index (χ1v) is 6.49. The maximum atomic E-state index is 12.1. The number of aryl methyl sites for hydroxylation is 2. The van der Waals surface area contributed by atoms with Crippen LogP contribution < -0.4 is 5.32 Å². The average molecular weight is 319 g/mol. The van der Waals surface area contributed by atoms with Gasteiger partial charge in [0.25, 0.3) is 5.91 Å². The zero-order chi connectivity index (χ0) is 14.2. The van der Waals surface area contributed by atoms with E-state index in [2.05, 4.69) is 10.4 Å². The van der Waals surface area contributed by atoms with Gasteiger partial charge in [-0.2, -0.15) is 5.10 Å². The second kappa shape index (κ2) is 5.41. The highest BCUT2D eigenvalue weighted by molar-refractivity contribution is 6.42. The van der Waals surface area contributed by atoms with Crippen LogP contribution in [0.4, 0.5) is 5.69 Å². The molecule has 1 N–H and O–H groups in total. The fourth-order valence-corrected chi connectivity index (χ4v) is 2.19. The minimum absolute atomic E-state index is 0.297. The number of benzene rings is 1. The van der Waals surface area contributed by atoms with Gasteiger partial charge in [0.05, 0.1) is 20.8 Å². The molecule has 100 valence electrons. The number of carbonyl (C=O) groups is 1. The monoisotopic (exact) mass is 317 g/mol. The Morgan fingerprint density at radius 1 is 1.26 bits per heavy atom. The van der Waals surface area contributed by atoms with Crippen molar-refractivity contribution in [2.24, 2.45) is 7.05 Å². The van der Waals surface area contributed by atoms with Gasteiger partial charge in [0.15, 0.2) is 0 Å². The molecule has 0 aliphatic carbocycles. The van der Waals surface area contributed by atoms with Crippen molar-refractivity contribution < 1.29 is 4.79 Å². The first kappa shape index (κ1) is 14.2. The lowest BCUT2D eigenvalue weighted by Crippen LogP contribution is -2.16. The highest BCUT2D eigenvalue weighted by atomic mass is 35.5. The Hall–Kier alpha value is -1.23. The first-order chi connectivity index (χ1) is 8.90. The van der Waals surface area contributed by atoms with Gasteiger partial charge in [0.2, 0.25) is 0 Å². The molecule has 0 unspecified atom stereocenters. The molecule has 0 saturated heterocycles. The van der Waals surface area contributed by atoms with E-state index in [4.69, 9.17) is 34.8 Å². The number of anilines is 1. The van der Waals surface area contributed by atoms with Gasteiger partial charge in [-0.05, 0) is 25.1 Å². The molecule has 1 aromatic carbocycles. The molecule has 1 aromatic heterocycles. The summed E-state index contributed by atoms with van der Waals surface area (Å²) in [4.78, 5) is 12.1. The van der Waals surface area contributed by atoms with E-state index in [0.29, 0.717) is 32.1 Å². The maximum Gasteiger partial charge on any atom is 0.275 e. The summed E-state index contributed by atoms with van der Waals surface area (Å²) in [7, 11) is 1.66. The quantitative estimate of drug-likeness (QED) is 0.911. The van der Waals surface area contributed by atoms with Crippen molar-refractivity contribution >= 4 is 46.4 Å². The third kappa shape index (κ3) is 2.86. The van der Waals surface area contributed by atoms with E-state index in [0.717, 1.165) is 0 Å². The zero-order valence-electron chi connectivity index (χ0n) is 10.2. The van der Waals surface area contributed by atoms with E-state index in [9.17, 15) is 4.79 Å². The highest BCUT2D eigenvalue weighted by Crippen LogP contribution is 2.26. The van der Waals surface area contributed by atoms with Crippen molar-refractivity contribution in [3.63, 3.8) is 0 Å². The molecule has 0 atom stereocenters. The molecule has 1 amide bonds. The minimum Gasteiger partial charge on any atom is -0.321 e. The Balaban J connectivity index is 2.28. The summed E-state index contributed by atoms with van der Waals surface area (Å²) in [5.41, 5.74) is 1.43. The summed E-state index contributed by atoms with van der Waals surface area (Å²) >= 11 is 17.7. The number of nitrogens with one attached hydrogen (secondary N) is 1. The predicted molar refractivity (Wildman–Crippen MR) is 77.4 cm³/mol. The molecular weight excluding hydrogens is 309 g/mol. The SMILES string of the molecule is Cc1nn(C)c(C(=O)Nc2ccc(Cl)c(Cl)c2)c1Cl. The molecule has 0 saturated carbocycles. The molecule has 0 spiro atoms. The molecule has 2 aromatic rings. The van der Waals surface area contributed by atoms with Crippen molar-refractivity contribution in [3.8, 4) is 0 Å². The van der Waals surface area contributed by atoms with Gasteiger partial charge in [0, 0.05) is 12.7 Å². The number of amides is 1. The molecule has 0 aliphatic heterocycles. The topological polar surface area (TPSA) is 46.9 Å². The van der Waals surface area contributed by atoms with Crippen LogP contribution in [0, 0.1) is 6.92 Å². The fourth-order valence-electron chi connectivity index (χ4n) is 1.64. The van der Waals surface area contributed by atoms with Crippen molar-refractivity contribution in [1.82, 2.24) is 9.78 Å². The van der Waals surface area contributed by atoms with Gasteiger partial charge in [-0.3, -0.25) is 9.48 Å². The number of rotatable bonds is 2. The van der Waals surface area contributed by atoms with Crippen LogP contribution in [0.5, 0.6) is 0 Å². The van der Waals surface area contributed by atoms with Gasteiger partial charge in [-0.25, -0.2) is 0 Å². The second-order valence-corrected chi connectivity index (χ2v) is 5.15. The van der Waals surface area contributed by atoms with Crippen LogP contribution in [-0.4, -0.2) is 15.7 Å². The zero-order valence-corrected chi connectivity index (χ0v) is 12.4. The van der Waals surface area contributed by atoms with E-state index in [-0.39, 0.29) is 5.91 Å². The number of hydrogen-bond donors (Lipinski definition) is 1. The first-order valence-electron chi connectivity index (χ1n) is 5.35. The Bertz CT molecular complexity index is 652. The lowest BCUT2D eigenvalue weighted by atomic mass is 10.3. The lowest BCUT2D eigenvalue weighted by molar-refractivity contribution is 0.101. The normalized spacial score (nSPS) is 10.6. The summed E-state index contributed by atoms with van der Waals surface area (Å²) in [6, 6.07) is 4.83. The van der Waals surface area contributed by atoms with Gasteiger partial charge in [0.1, 0.15) is 5.69 Å². The molecule has 2 rings (SSSR count). The van der Waals surface area contributed by atoms with Crippen molar-refractivity contribution in [1.29, 1.82) is 0 Å². The van der Waals surface area contributed by atoms with Gasteiger partial charge < -0.3 is 5.32 Å². The third-order valence-corrected chi connectivity index (χ3v) is 3.73. The van der Waals surface area contributed by atoms with Gasteiger partial charge in [-0.15, -0.1) is 0 Å². The number of aromatic nitrogens is 2. The van der Waals surface area contributed by atoms with E-state index >= 15 is 0 Å². The summed E-state index contributed by atoms with van der Waals surface area (Å²) in [5, 5.41) is 7.90. The van der Waals surface area contributed by atoms with Crippen LogP contribution in [0.25, 0.3) is 0 Å². The largest absolute Gasteiger partial charge is 0.321 e. The number of carbonyl (C=O) groups excluding carboxylic acids is 1. The van der Waals surface area contributed by atoms with E-state index in [1.807, 2.05) is 0 Å². The van der Waals surface area contributed by atoms with Crippen LogP contribution >= 0.6 is 34.8 Å². The predicted octanol–water partition coefficient (Wildman–Crippen LogP) is 3.94. The Kier molecular flexibility index (Phi) is 4.04. The van der Waals surface area contributed by atoms with E-state index in [1.165, 1.54) is 4.68 Å². The summed E-state index contributed by atoms with van der Waals surface area (Å²) in [6.45, 7) is 1.73. The smallest absolute Gasteiger partial charge is 0.275 e. The molecular formula is C12H10Cl3N3O. The summed E-state index contributed by atoms with van der Waals surface area (Å²) in [5.74, 6) is -0.355. The second-order valence-electron chi connectivity index (χ2n) is 3.95. The molecule has 0 radical (unpaired) electrons. The standard InChI is InChI=1S/C12H10Cl3N3O/c1-6-10(15)11(18(2)17-6)12(19)16-7-3-4-8(13)9(14)5-7/h3-5H,1-2H3,(H,16,19). The van der Waals surface area contributed by atoms with Crippen molar-refractivity contribution in [2.75, 3.05) is 5.32 Å². The van der Waals surface area contributed by atoms with Crippen molar-refractivity contribution in [2.45, 2.75) is 6.92 Å². The molecule has 0 bridgehead atoms. The number of halogens is 3. The van der Waals surface area contributed by atoms with Crippen LogP contribution in [0.3, 0.4) is 0 Å². The highest BCUT2D eigenvalue weighted by Gasteiger charge is 2.18. The maximum absolute atomic E-state index is 12.1. The third-order valence-electron chi connectivity index (χ3n) is 2.54. The molecule has 0 fully saturated rings. The molecule has 0 aliphatic rings. The van der Waals surface area contributed by atoms with Crippen LogP contribution in [0.15, 0.2) is 18.2 Å². The molecule has 1 heterocycles. The van der Waals surface area contributed by atoms with Crippen LogP contribution in [0.1, 0.15) is 16.2 Å². The molecule has 19 heavy (non-hydrogen) atoms. The Morgan fingerprint density at radius 3 is 2.47 bits per heavy atom. The number of hydrogen-bond acceptors (Lipinski definition) is 2. The van der Waals surface area contributed by atoms with Gasteiger partial charge in [-0.1, -0.05) is 34.8 Å².